The van der Waals surface area contributed by atoms with Crippen LogP contribution in [0.5, 0.6) is 0 Å². The number of rotatable bonds is 11. The van der Waals surface area contributed by atoms with Crippen molar-refractivity contribution in [1.82, 2.24) is 18.6 Å². The molecule has 43 heavy (non-hydrogen) atoms. The number of nitrogens with one attached hydrogen (secondary N) is 1. The highest BCUT2D eigenvalue weighted by Crippen LogP contribution is 2.37. The van der Waals surface area contributed by atoms with E-state index in [1.807, 2.05) is 12.1 Å². The topological polar surface area (TPSA) is 139 Å². The van der Waals surface area contributed by atoms with Gasteiger partial charge < -0.3 is 11.1 Å². The number of sulfonamides is 2. The van der Waals surface area contributed by atoms with Crippen LogP contribution in [0.3, 0.4) is 0 Å². The van der Waals surface area contributed by atoms with Crippen molar-refractivity contribution in [3.8, 4) is 0 Å². The zero-order chi connectivity index (χ0) is 30.6. The molecule has 2 fully saturated rings. The predicted octanol–water partition coefficient (Wildman–Crippen LogP) is 5.09. The first kappa shape index (κ1) is 31.8. The number of anilines is 1. The van der Waals surface area contributed by atoms with Crippen LogP contribution in [-0.4, -0.2) is 48.5 Å². The van der Waals surface area contributed by atoms with Crippen molar-refractivity contribution in [2.75, 3.05) is 12.4 Å². The Balaban J connectivity index is 1.44. The lowest BCUT2D eigenvalue weighted by atomic mass is 9.92. The molecular weight excluding hydrogens is 608 g/mol. The number of benzene rings is 2. The molecule has 1 heterocycles. The van der Waals surface area contributed by atoms with Crippen molar-refractivity contribution in [1.29, 1.82) is 0 Å². The van der Waals surface area contributed by atoms with Crippen molar-refractivity contribution in [3.05, 3.63) is 89.2 Å². The number of nitrogens with zero attached hydrogens (tertiary/aromatic N) is 4. The lowest BCUT2D eigenvalue weighted by Crippen LogP contribution is -2.38. The first-order chi connectivity index (χ1) is 20.6. The maximum Gasteiger partial charge on any atom is 0.244 e. The zero-order valence-electron chi connectivity index (χ0n) is 24.1. The normalized spacial score (nSPS) is 17.6. The molecule has 13 heteroatoms. The second-order valence-corrected chi connectivity index (χ2v) is 15.1. The minimum absolute atomic E-state index is 0.00879. The molecule has 0 saturated heterocycles. The van der Waals surface area contributed by atoms with Gasteiger partial charge in [-0.1, -0.05) is 36.6 Å². The van der Waals surface area contributed by atoms with Crippen molar-refractivity contribution in [2.45, 2.75) is 80.3 Å². The third-order valence-electron chi connectivity index (χ3n) is 8.07. The van der Waals surface area contributed by atoms with E-state index in [0.29, 0.717) is 42.3 Å². The molecule has 10 nitrogen and oxygen atoms in total. The SMILES string of the molecule is CNc1nccc(CN([C]2CC[C](N)CC2)S(=O)(=O)c2ccc(S(=O)(=O)N(Cc3ccc(Cl)cc3)C3CCCC3)cc2)n1. The first-order valence-corrected chi connectivity index (χ1v) is 17.7. The lowest BCUT2D eigenvalue weighted by molar-refractivity contribution is 0.316. The van der Waals surface area contributed by atoms with Crippen LogP contribution >= 0.6 is 11.6 Å². The molecule has 3 aromatic rings. The van der Waals surface area contributed by atoms with Crippen molar-refractivity contribution < 1.29 is 16.8 Å². The summed E-state index contributed by atoms with van der Waals surface area (Å²) in [4.78, 5) is 8.62. The van der Waals surface area contributed by atoms with Gasteiger partial charge in [-0.15, -0.1) is 0 Å². The number of hydrogen-bond donors (Lipinski definition) is 2. The van der Waals surface area contributed by atoms with E-state index in [-0.39, 0.29) is 28.9 Å². The van der Waals surface area contributed by atoms with Crippen LogP contribution in [0.25, 0.3) is 0 Å². The molecule has 230 valence electrons. The van der Waals surface area contributed by atoms with Crippen LogP contribution in [0.1, 0.15) is 62.6 Å². The van der Waals surface area contributed by atoms with E-state index in [1.165, 1.54) is 28.6 Å². The molecule has 0 aliphatic heterocycles. The highest BCUT2D eigenvalue weighted by atomic mass is 35.5. The molecule has 2 aromatic carbocycles. The summed E-state index contributed by atoms with van der Waals surface area (Å²) >= 11 is 6.05. The second kappa shape index (κ2) is 13.6. The van der Waals surface area contributed by atoms with Crippen molar-refractivity contribution in [2.24, 2.45) is 5.73 Å². The minimum Gasteiger partial charge on any atom is -0.357 e. The van der Waals surface area contributed by atoms with E-state index < -0.39 is 20.0 Å². The molecule has 3 N–H and O–H groups in total. The average molecular weight is 645 g/mol. The Bertz CT molecular complexity index is 1590. The molecule has 0 spiro atoms. The minimum atomic E-state index is -4.04. The summed E-state index contributed by atoms with van der Waals surface area (Å²) in [6, 6.07) is 15.9. The van der Waals surface area contributed by atoms with E-state index in [9.17, 15) is 16.8 Å². The van der Waals surface area contributed by atoms with Crippen LogP contribution in [0.2, 0.25) is 5.02 Å². The Labute approximate surface area is 259 Å². The molecule has 5 rings (SSSR count). The smallest absolute Gasteiger partial charge is 0.244 e. The summed E-state index contributed by atoms with van der Waals surface area (Å²) in [5.74, 6) is 0.390. The Morgan fingerprint density at radius 2 is 1.47 bits per heavy atom. The number of aromatic nitrogens is 2. The average Bonchev–Trinajstić information content (AvgIpc) is 3.55. The Morgan fingerprint density at radius 1 is 0.860 bits per heavy atom. The van der Waals surface area contributed by atoms with Gasteiger partial charge in [-0.05, 0) is 86.6 Å². The molecule has 0 amide bonds. The van der Waals surface area contributed by atoms with Gasteiger partial charge in [0.15, 0.2) is 0 Å². The van der Waals surface area contributed by atoms with Crippen LogP contribution in [0, 0.1) is 12.1 Å². The third-order valence-corrected chi connectivity index (χ3v) is 12.1. The molecule has 0 unspecified atom stereocenters. The number of halogens is 1. The molecule has 2 aliphatic rings. The Hall–Kier alpha value is -2.61. The summed E-state index contributed by atoms with van der Waals surface area (Å²) in [6.07, 6.45) is 7.33. The Kier molecular flexibility index (Phi) is 10.0. The molecule has 2 radical (unpaired) electrons. The maximum absolute atomic E-state index is 14.1. The van der Waals surface area contributed by atoms with Crippen molar-refractivity contribution in [3.63, 3.8) is 0 Å². The fourth-order valence-electron chi connectivity index (χ4n) is 5.65. The lowest BCUT2D eigenvalue weighted by Gasteiger charge is -2.34. The van der Waals surface area contributed by atoms with E-state index in [1.54, 1.807) is 35.7 Å². The molecule has 1 aromatic heterocycles. The third kappa shape index (κ3) is 7.38. The monoisotopic (exact) mass is 644 g/mol. The summed E-state index contributed by atoms with van der Waals surface area (Å²) in [5.41, 5.74) is 7.40. The fourth-order valence-corrected chi connectivity index (χ4v) is 9.00. The largest absolute Gasteiger partial charge is 0.357 e. The van der Waals surface area contributed by atoms with Gasteiger partial charge in [0.05, 0.1) is 28.1 Å². The summed E-state index contributed by atoms with van der Waals surface area (Å²) in [6.45, 7) is 0.232. The van der Waals surface area contributed by atoms with Gasteiger partial charge in [0.2, 0.25) is 26.0 Å². The highest BCUT2D eigenvalue weighted by Gasteiger charge is 2.37. The quantitative estimate of drug-likeness (QED) is 0.294. The van der Waals surface area contributed by atoms with E-state index in [0.717, 1.165) is 43.3 Å². The summed E-state index contributed by atoms with van der Waals surface area (Å²) in [7, 11) is -6.26. The fraction of sp³-hybridized carbons (Fsp3) is 0.400. The van der Waals surface area contributed by atoms with Gasteiger partial charge >= 0.3 is 0 Å². The van der Waals surface area contributed by atoms with E-state index in [4.69, 9.17) is 17.3 Å². The van der Waals surface area contributed by atoms with Gasteiger partial charge in [-0.3, -0.25) is 0 Å². The molecular formula is C30H37ClN6O4S2. The van der Waals surface area contributed by atoms with E-state index in [2.05, 4.69) is 15.3 Å². The summed E-state index contributed by atoms with van der Waals surface area (Å²) in [5, 5.41) is 3.46. The van der Waals surface area contributed by atoms with Crippen LogP contribution in [0.15, 0.2) is 70.6 Å². The van der Waals surface area contributed by atoms with Gasteiger partial charge in [0.1, 0.15) is 0 Å². The standard InChI is InChI=1S/C30H37ClN6O4S2/c1-33-30-34-19-18-25(35-30)21-37(27-12-10-24(32)11-13-27)43(40,41)29-16-14-28(15-17-29)42(38,39)36(26-4-2-3-5-26)20-22-6-8-23(31)9-7-22/h6-9,14-19,26H,2-5,10-13,20-21,32H2,1H3,(H,33,34,35). The molecule has 2 saturated carbocycles. The van der Waals surface area contributed by atoms with E-state index >= 15 is 0 Å². The number of hydrogen-bond acceptors (Lipinski definition) is 8. The van der Waals surface area contributed by atoms with Gasteiger partial charge in [-0.25, -0.2) is 26.8 Å². The maximum atomic E-state index is 14.1. The van der Waals surface area contributed by atoms with Crippen LogP contribution in [0.4, 0.5) is 5.95 Å². The molecule has 0 atom stereocenters. The first-order valence-electron chi connectivity index (χ1n) is 14.4. The van der Waals surface area contributed by atoms with Gasteiger partial charge in [0.25, 0.3) is 0 Å². The van der Waals surface area contributed by atoms with Crippen LogP contribution < -0.4 is 11.1 Å². The molecule has 2 aliphatic carbocycles. The van der Waals surface area contributed by atoms with Crippen molar-refractivity contribution >= 4 is 37.6 Å². The molecule has 0 bridgehead atoms. The summed E-state index contributed by atoms with van der Waals surface area (Å²) < 4.78 is 59.0. The van der Waals surface area contributed by atoms with Gasteiger partial charge in [0, 0.05) is 36.9 Å². The second-order valence-electron chi connectivity index (χ2n) is 10.9. The van der Waals surface area contributed by atoms with Gasteiger partial charge in [-0.2, -0.15) is 8.61 Å². The Morgan fingerprint density at radius 3 is 2.07 bits per heavy atom. The highest BCUT2D eigenvalue weighted by molar-refractivity contribution is 7.89. The number of nitrogens with two attached hydrogens (primary N) is 1. The van der Waals surface area contributed by atoms with Crippen LogP contribution in [-0.2, 0) is 33.1 Å². The zero-order valence-corrected chi connectivity index (χ0v) is 26.5. The predicted molar refractivity (Wildman–Crippen MR) is 166 cm³/mol.